The molecule has 0 amide bonds. The van der Waals surface area contributed by atoms with Crippen LogP contribution in [0.4, 0.5) is 11.6 Å². The highest BCUT2D eigenvalue weighted by Crippen LogP contribution is 2.32. The molecule has 6 heteroatoms. The molecule has 0 aliphatic heterocycles. The first-order chi connectivity index (χ1) is 7.58. The van der Waals surface area contributed by atoms with Crippen molar-refractivity contribution in [2.75, 3.05) is 11.5 Å². The first-order valence-corrected chi connectivity index (χ1v) is 5.99. The molecular formula is C10H8Br2N4. The summed E-state index contributed by atoms with van der Waals surface area (Å²) in [5, 5.41) is 0. The van der Waals surface area contributed by atoms with Crippen molar-refractivity contribution in [1.82, 2.24) is 9.97 Å². The summed E-state index contributed by atoms with van der Waals surface area (Å²) in [7, 11) is 0. The summed E-state index contributed by atoms with van der Waals surface area (Å²) in [5.41, 5.74) is 13.1. The van der Waals surface area contributed by atoms with E-state index in [1.807, 2.05) is 12.1 Å². The molecule has 2 aromatic rings. The lowest BCUT2D eigenvalue weighted by Crippen LogP contribution is -1.98. The van der Waals surface area contributed by atoms with Gasteiger partial charge >= 0.3 is 0 Å². The van der Waals surface area contributed by atoms with Crippen molar-refractivity contribution in [2.24, 2.45) is 0 Å². The molecule has 0 radical (unpaired) electrons. The lowest BCUT2D eigenvalue weighted by molar-refractivity contribution is 1.29. The Labute approximate surface area is 109 Å². The number of nitrogens with two attached hydrogens (primary N) is 2. The predicted molar refractivity (Wildman–Crippen MR) is 71.7 cm³/mol. The third kappa shape index (κ3) is 2.17. The highest BCUT2D eigenvalue weighted by Gasteiger charge is 2.09. The lowest BCUT2D eigenvalue weighted by Gasteiger charge is -2.08. The normalized spacial score (nSPS) is 10.4. The van der Waals surface area contributed by atoms with Gasteiger partial charge < -0.3 is 11.5 Å². The smallest absolute Gasteiger partial charge is 0.131 e. The molecule has 0 aliphatic rings. The van der Waals surface area contributed by atoms with Gasteiger partial charge in [0.2, 0.25) is 0 Å². The number of hydrogen-bond donors (Lipinski definition) is 2. The Hall–Kier alpha value is -1.14. The largest absolute Gasteiger partial charge is 0.383 e. The number of pyridine rings is 2. The van der Waals surface area contributed by atoms with Crippen LogP contribution in [0.1, 0.15) is 0 Å². The molecule has 0 saturated carbocycles. The number of nitrogens with zero attached hydrogens (tertiary/aromatic N) is 2. The van der Waals surface area contributed by atoms with E-state index in [4.69, 9.17) is 11.5 Å². The summed E-state index contributed by atoms with van der Waals surface area (Å²) in [4.78, 5) is 8.12. The van der Waals surface area contributed by atoms with E-state index < -0.39 is 0 Å². The molecule has 4 N–H and O–H groups in total. The maximum absolute atomic E-state index is 5.81. The van der Waals surface area contributed by atoms with Gasteiger partial charge in [-0.1, -0.05) is 0 Å². The summed E-state index contributed by atoms with van der Waals surface area (Å²) in [6.45, 7) is 0. The van der Waals surface area contributed by atoms with Gasteiger partial charge in [0.05, 0.1) is 0 Å². The summed E-state index contributed by atoms with van der Waals surface area (Å²) < 4.78 is 1.69. The SMILES string of the molecule is Nc1ncc(Br)cc1-c1cc(Br)cnc1N. The Balaban J connectivity index is 2.66. The van der Waals surface area contributed by atoms with Crippen molar-refractivity contribution < 1.29 is 0 Å². The Morgan fingerprint density at radius 1 is 0.812 bits per heavy atom. The van der Waals surface area contributed by atoms with Crippen molar-refractivity contribution in [3.8, 4) is 11.1 Å². The van der Waals surface area contributed by atoms with Crippen molar-refractivity contribution in [3.05, 3.63) is 33.5 Å². The third-order valence-electron chi connectivity index (χ3n) is 2.06. The minimum atomic E-state index is 0.426. The molecule has 0 spiro atoms. The average molecular weight is 344 g/mol. The van der Waals surface area contributed by atoms with Gasteiger partial charge in [-0.05, 0) is 44.0 Å². The van der Waals surface area contributed by atoms with Gasteiger partial charge in [-0.25, -0.2) is 9.97 Å². The topological polar surface area (TPSA) is 77.8 Å². The van der Waals surface area contributed by atoms with Crippen LogP contribution < -0.4 is 11.5 Å². The molecule has 2 aromatic heterocycles. The molecule has 16 heavy (non-hydrogen) atoms. The molecule has 0 unspecified atom stereocenters. The number of anilines is 2. The Kier molecular flexibility index (Phi) is 3.11. The first kappa shape index (κ1) is 11.3. The molecule has 82 valence electrons. The zero-order valence-electron chi connectivity index (χ0n) is 8.11. The zero-order valence-corrected chi connectivity index (χ0v) is 11.3. The van der Waals surface area contributed by atoms with E-state index in [9.17, 15) is 0 Å². The summed E-state index contributed by atoms with van der Waals surface area (Å²) in [5.74, 6) is 0.851. The van der Waals surface area contributed by atoms with Crippen molar-refractivity contribution in [2.45, 2.75) is 0 Å². The standard InChI is InChI=1S/C10H8Br2N4/c11-5-1-7(9(13)15-3-5)8-2-6(12)4-16-10(8)14/h1-4H,(H2,13,15)(H2,14,16). The highest BCUT2D eigenvalue weighted by molar-refractivity contribution is 9.10. The van der Waals surface area contributed by atoms with E-state index in [1.165, 1.54) is 0 Å². The average Bonchev–Trinajstić information content (AvgIpc) is 2.25. The molecule has 2 heterocycles. The van der Waals surface area contributed by atoms with E-state index in [1.54, 1.807) is 12.4 Å². The van der Waals surface area contributed by atoms with E-state index in [0.29, 0.717) is 11.6 Å². The fourth-order valence-electron chi connectivity index (χ4n) is 1.33. The van der Waals surface area contributed by atoms with Gasteiger partial charge in [-0.15, -0.1) is 0 Å². The zero-order chi connectivity index (χ0) is 11.7. The molecule has 0 atom stereocenters. The number of nitrogen functional groups attached to an aromatic ring is 2. The van der Waals surface area contributed by atoms with Crippen LogP contribution in [-0.2, 0) is 0 Å². The molecule has 4 nitrogen and oxygen atoms in total. The lowest BCUT2D eigenvalue weighted by atomic mass is 10.1. The highest BCUT2D eigenvalue weighted by atomic mass is 79.9. The second-order valence-electron chi connectivity index (χ2n) is 3.17. The van der Waals surface area contributed by atoms with E-state index in [-0.39, 0.29) is 0 Å². The number of halogens is 2. The first-order valence-electron chi connectivity index (χ1n) is 4.40. The van der Waals surface area contributed by atoms with E-state index >= 15 is 0 Å². The van der Waals surface area contributed by atoms with Gasteiger partial charge in [-0.3, -0.25) is 0 Å². The van der Waals surface area contributed by atoms with Crippen LogP contribution >= 0.6 is 31.9 Å². The second-order valence-corrected chi connectivity index (χ2v) is 5.00. The van der Waals surface area contributed by atoms with Crippen LogP contribution in [0, 0.1) is 0 Å². The second kappa shape index (κ2) is 4.39. The van der Waals surface area contributed by atoms with Crippen LogP contribution in [0.25, 0.3) is 11.1 Å². The molecular weight excluding hydrogens is 336 g/mol. The van der Waals surface area contributed by atoms with Crippen LogP contribution in [0.2, 0.25) is 0 Å². The minimum absolute atomic E-state index is 0.426. The predicted octanol–water partition coefficient (Wildman–Crippen LogP) is 2.83. The van der Waals surface area contributed by atoms with Crippen molar-refractivity contribution in [1.29, 1.82) is 0 Å². The van der Waals surface area contributed by atoms with Gasteiger partial charge in [-0.2, -0.15) is 0 Å². The van der Waals surface area contributed by atoms with Gasteiger partial charge in [0.1, 0.15) is 11.6 Å². The fourth-order valence-corrected chi connectivity index (χ4v) is 1.99. The van der Waals surface area contributed by atoms with Crippen LogP contribution in [0.3, 0.4) is 0 Å². The monoisotopic (exact) mass is 342 g/mol. The number of rotatable bonds is 1. The van der Waals surface area contributed by atoms with E-state index in [0.717, 1.165) is 20.1 Å². The van der Waals surface area contributed by atoms with Crippen LogP contribution in [0.5, 0.6) is 0 Å². The Morgan fingerprint density at radius 3 is 1.56 bits per heavy atom. The van der Waals surface area contributed by atoms with Gasteiger partial charge in [0.25, 0.3) is 0 Å². The van der Waals surface area contributed by atoms with Crippen LogP contribution in [0.15, 0.2) is 33.5 Å². The minimum Gasteiger partial charge on any atom is -0.383 e. The number of aromatic nitrogens is 2. The Morgan fingerprint density at radius 2 is 1.19 bits per heavy atom. The maximum Gasteiger partial charge on any atom is 0.131 e. The molecule has 0 fully saturated rings. The van der Waals surface area contributed by atoms with Crippen LogP contribution in [-0.4, -0.2) is 9.97 Å². The molecule has 0 aromatic carbocycles. The number of hydrogen-bond acceptors (Lipinski definition) is 4. The van der Waals surface area contributed by atoms with Gasteiger partial charge in [0.15, 0.2) is 0 Å². The fraction of sp³-hybridized carbons (Fsp3) is 0. The quantitative estimate of drug-likeness (QED) is 0.834. The maximum atomic E-state index is 5.81. The summed E-state index contributed by atoms with van der Waals surface area (Å²) in [6, 6.07) is 3.73. The molecule has 2 rings (SSSR count). The van der Waals surface area contributed by atoms with Crippen molar-refractivity contribution in [3.63, 3.8) is 0 Å². The van der Waals surface area contributed by atoms with Crippen molar-refractivity contribution >= 4 is 43.5 Å². The molecule has 0 aliphatic carbocycles. The Bertz CT molecular complexity index is 493. The third-order valence-corrected chi connectivity index (χ3v) is 2.93. The van der Waals surface area contributed by atoms with E-state index in [2.05, 4.69) is 41.8 Å². The summed E-state index contributed by atoms with van der Waals surface area (Å²) in [6.07, 6.45) is 3.28. The molecule has 0 bridgehead atoms. The molecule has 0 saturated heterocycles. The summed E-state index contributed by atoms with van der Waals surface area (Å²) >= 11 is 6.69. The van der Waals surface area contributed by atoms with Gasteiger partial charge in [0, 0.05) is 32.5 Å².